The number of halogens is 2. The minimum absolute atomic E-state index is 0.0169. The van der Waals surface area contributed by atoms with Crippen molar-refractivity contribution in [2.75, 3.05) is 32.4 Å². The van der Waals surface area contributed by atoms with Gasteiger partial charge in [0.1, 0.15) is 0 Å². The summed E-state index contributed by atoms with van der Waals surface area (Å²) in [5.74, 6) is 0.0169. The van der Waals surface area contributed by atoms with Crippen LogP contribution in [0.15, 0.2) is 47.4 Å². The van der Waals surface area contributed by atoms with E-state index in [4.69, 9.17) is 23.2 Å². The fourth-order valence-electron chi connectivity index (χ4n) is 2.97. The highest BCUT2D eigenvalue weighted by Gasteiger charge is 2.23. The number of thioether (sulfide) groups is 1. The maximum atomic E-state index is 12.8. The summed E-state index contributed by atoms with van der Waals surface area (Å²) < 4.78 is 0. The lowest BCUT2D eigenvalue weighted by molar-refractivity contribution is 0.0628. The second kappa shape index (κ2) is 8.45. The van der Waals surface area contributed by atoms with Gasteiger partial charge in [-0.25, -0.2) is 0 Å². The predicted molar refractivity (Wildman–Crippen MR) is 106 cm³/mol. The molecular formula is C19H20Cl2N2OS. The first-order valence-electron chi connectivity index (χ1n) is 8.16. The number of nitrogens with zero attached hydrogens (tertiary/aromatic N) is 2. The summed E-state index contributed by atoms with van der Waals surface area (Å²) in [4.78, 5) is 18.1. The van der Waals surface area contributed by atoms with E-state index in [-0.39, 0.29) is 5.91 Å². The highest BCUT2D eigenvalue weighted by molar-refractivity contribution is 7.98. The third-order valence-electron chi connectivity index (χ3n) is 4.36. The minimum Gasteiger partial charge on any atom is -0.336 e. The number of hydrogen-bond acceptors (Lipinski definition) is 3. The second-order valence-corrected chi connectivity index (χ2v) is 7.77. The van der Waals surface area contributed by atoms with Gasteiger partial charge in [0, 0.05) is 42.6 Å². The molecule has 1 fully saturated rings. The number of hydrogen-bond donors (Lipinski definition) is 0. The summed E-state index contributed by atoms with van der Waals surface area (Å²) in [6, 6.07) is 13.5. The molecule has 132 valence electrons. The molecular weight excluding hydrogens is 375 g/mol. The molecule has 0 bridgehead atoms. The molecule has 0 saturated carbocycles. The fraction of sp³-hybridized carbons (Fsp3) is 0.316. The van der Waals surface area contributed by atoms with E-state index in [0.29, 0.717) is 23.7 Å². The van der Waals surface area contributed by atoms with Gasteiger partial charge in [-0.05, 0) is 42.2 Å². The van der Waals surface area contributed by atoms with Crippen LogP contribution >= 0.6 is 35.0 Å². The van der Waals surface area contributed by atoms with Crippen LogP contribution in [0.25, 0.3) is 0 Å². The third-order valence-corrected chi connectivity index (χ3v) is 5.65. The molecule has 1 saturated heterocycles. The highest BCUT2D eigenvalue weighted by atomic mass is 35.5. The van der Waals surface area contributed by atoms with Crippen molar-refractivity contribution in [2.45, 2.75) is 11.4 Å². The molecule has 3 nitrogen and oxygen atoms in total. The summed E-state index contributed by atoms with van der Waals surface area (Å²) in [7, 11) is 0. The number of piperazine rings is 1. The van der Waals surface area contributed by atoms with E-state index < -0.39 is 0 Å². The zero-order chi connectivity index (χ0) is 17.8. The molecule has 0 radical (unpaired) electrons. The monoisotopic (exact) mass is 394 g/mol. The lowest BCUT2D eigenvalue weighted by Crippen LogP contribution is -2.48. The smallest absolute Gasteiger partial charge is 0.255 e. The van der Waals surface area contributed by atoms with Crippen LogP contribution in [-0.2, 0) is 6.54 Å². The Kier molecular flexibility index (Phi) is 6.29. The standard InChI is InChI=1S/C19H20Cl2N2OS/c1-25-16-5-6-18(21)17(12-16)19(24)23-9-7-22(8-10-23)13-14-3-2-4-15(20)11-14/h2-6,11-12H,7-10,13H2,1H3. The zero-order valence-electron chi connectivity index (χ0n) is 14.0. The van der Waals surface area contributed by atoms with Crippen LogP contribution in [0, 0.1) is 0 Å². The van der Waals surface area contributed by atoms with Gasteiger partial charge in [0.15, 0.2) is 0 Å². The van der Waals surface area contributed by atoms with Gasteiger partial charge in [-0.2, -0.15) is 0 Å². The summed E-state index contributed by atoms with van der Waals surface area (Å²) >= 11 is 13.9. The van der Waals surface area contributed by atoms with Crippen LogP contribution < -0.4 is 0 Å². The molecule has 1 heterocycles. The molecule has 0 aliphatic carbocycles. The Morgan fingerprint density at radius 3 is 2.52 bits per heavy atom. The molecule has 1 amide bonds. The maximum absolute atomic E-state index is 12.8. The van der Waals surface area contributed by atoms with Crippen LogP contribution in [0.1, 0.15) is 15.9 Å². The molecule has 0 spiro atoms. The van der Waals surface area contributed by atoms with E-state index in [2.05, 4.69) is 11.0 Å². The average molecular weight is 395 g/mol. The van der Waals surface area contributed by atoms with Crippen molar-refractivity contribution >= 4 is 40.9 Å². The van der Waals surface area contributed by atoms with E-state index in [1.807, 2.05) is 41.5 Å². The molecule has 0 N–H and O–H groups in total. The molecule has 2 aromatic rings. The summed E-state index contributed by atoms with van der Waals surface area (Å²) in [6.45, 7) is 3.96. The Labute approximate surface area is 162 Å². The summed E-state index contributed by atoms with van der Waals surface area (Å²) in [5, 5.41) is 1.28. The Bertz CT molecular complexity index is 761. The zero-order valence-corrected chi connectivity index (χ0v) is 16.4. The van der Waals surface area contributed by atoms with E-state index in [0.717, 1.165) is 29.6 Å². The van der Waals surface area contributed by atoms with Gasteiger partial charge in [0.25, 0.3) is 5.91 Å². The Morgan fingerprint density at radius 2 is 1.84 bits per heavy atom. The summed E-state index contributed by atoms with van der Waals surface area (Å²) in [5.41, 5.74) is 1.79. The molecule has 3 rings (SSSR count). The van der Waals surface area contributed by atoms with Crippen LogP contribution in [0.3, 0.4) is 0 Å². The van der Waals surface area contributed by atoms with Gasteiger partial charge in [-0.3, -0.25) is 9.69 Å². The average Bonchev–Trinajstić information content (AvgIpc) is 2.62. The Balaban J connectivity index is 1.61. The number of carbonyl (C=O) groups is 1. The molecule has 25 heavy (non-hydrogen) atoms. The van der Waals surface area contributed by atoms with Crippen molar-refractivity contribution in [1.29, 1.82) is 0 Å². The lowest BCUT2D eigenvalue weighted by Gasteiger charge is -2.35. The van der Waals surface area contributed by atoms with Crippen molar-refractivity contribution in [2.24, 2.45) is 0 Å². The first-order valence-corrected chi connectivity index (χ1v) is 10.1. The van der Waals surface area contributed by atoms with Crippen molar-refractivity contribution in [3.63, 3.8) is 0 Å². The summed E-state index contributed by atoms with van der Waals surface area (Å²) in [6.07, 6.45) is 1.99. The maximum Gasteiger partial charge on any atom is 0.255 e. The first kappa shape index (κ1) is 18.6. The molecule has 1 aliphatic rings. The number of rotatable bonds is 4. The van der Waals surface area contributed by atoms with Crippen molar-refractivity contribution in [3.8, 4) is 0 Å². The van der Waals surface area contributed by atoms with E-state index >= 15 is 0 Å². The van der Waals surface area contributed by atoms with Gasteiger partial charge in [0.2, 0.25) is 0 Å². The predicted octanol–water partition coefficient (Wildman–Crippen LogP) is 4.67. The molecule has 0 unspecified atom stereocenters. The number of amides is 1. The van der Waals surface area contributed by atoms with Crippen molar-refractivity contribution < 1.29 is 4.79 Å². The Morgan fingerprint density at radius 1 is 1.08 bits per heavy atom. The minimum atomic E-state index is 0.0169. The Hall–Kier alpha value is -1.20. The molecule has 0 atom stereocenters. The lowest BCUT2D eigenvalue weighted by atomic mass is 10.1. The van der Waals surface area contributed by atoms with E-state index in [9.17, 15) is 4.79 Å². The molecule has 0 aromatic heterocycles. The highest BCUT2D eigenvalue weighted by Crippen LogP contribution is 2.25. The van der Waals surface area contributed by atoms with E-state index in [1.165, 1.54) is 5.56 Å². The normalized spacial score (nSPS) is 15.4. The van der Waals surface area contributed by atoms with Gasteiger partial charge >= 0.3 is 0 Å². The third kappa shape index (κ3) is 4.70. The van der Waals surface area contributed by atoms with Gasteiger partial charge < -0.3 is 4.90 Å². The van der Waals surface area contributed by atoms with Crippen LogP contribution in [0.4, 0.5) is 0 Å². The van der Waals surface area contributed by atoms with Crippen molar-refractivity contribution in [3.05, 3.63) is 63.6 Å². The molecule has 1 aliphatic heterocycles. The fourth-order valence-corrected chi connectivity index (χ4v) is 3.82. The van der Waals surface area contributed by atoms with Crippen molar-refractivity contribution in [1.82, 2.24) is 9.80 Å². The molecule has 2 aromatic carbocycles. The number of carbonyl (C=O) groups excluding carboxylic acids is 1. The topological polar surface area (TPSA) is 23.6 Å². The largest absolute Gasteiger partial charge is 0.336 e. The quantitative estimate of drug-likeness (QED) is 0.703. The van der Waals surface area contributed by atoms with Crippen LogP contribution in [0.2, 0.25) is 10.0 Å². The first-order chi connectivity index (χ1) is 12.1. The van der Waals surface area contributed by atoms with Gasteiger partial charge in [0.05, 0.1) is 10.6 Å². The SMILES string of the molecule is CSc1ccc(Cl)c(C(=O)N2CCN(Cc3cccc(Cl)c3)CC2)c1. The van der Waals surface area contributed by atoms with Gasteiger partial charge in [-0.15, -0.1) is 11.8 Å². The second-order valence-electron chi connectivity index (χ2n) is 6.04. The van der Waals surface area contributed by atoms with Gasteiger partial charge in [-0.1, -0.05) is 35.3 Å². The number of benzene rings is 2. The molecule has 6 heteroatoms. The van der Waals surface area contributed by atoms with E-state index in [1.54, 1.807) is 17.8 Å². The van der Waals surface area contributed by atoms with Crippen LogP contribution in [0.5, 0.6) is 0 Å². The van der Waals surface area contributed by atoms with Crippen LogP contribution in [-0.4, -0.2) is 48.1 Å².